The SMILES string of the molecule is Cc1nc(C)c(C(=O)NOCC(C)C)o1. The summed E-state index contributed by atoms with van der Waals surface area (Å²) >= 11 is 0. The first kappa shape index (κ1) is 11.7. The number of rotatable bonds is 4. The highest BCUT2D eigenvalue weighted by Gasteiger charge is 2.15. The number of hydroxylamine groups is 1. The summed E-state index contributed by atoms with van der Waals surface area (Å²) in [5.74, 6) is 0.648. The molecule has 84 valence electrons. The van der Waals surface area contributed by atoms with Crippen molar-refractivity contribution < 1.29 is 14.0 Å². The largest absolute Gasteiger partial charge is 0.435 e. The molecule has 15 heavy (non-hydrogen) atoms. The van der Waals surface area contributed by atoms with Crippen LogP contribution in [-0.2, 0) is 4.84 Å². The molecule has 0 saturated heterocycles. The molecule has 0 fully saturated rings. The molecule has 1 amide bonds. The van der Waals surface area contributed by atoms with Crippen LogP contribution in [0.25, 0.3) is 0 Å². The Morgan fingerprint density at radius 3 is 2.67 bits per heavy atom. The van der Waals surface area contributed by atoms with Crippen molar-refractivity contribution in [3.05, 3.63) is 17.3 Å². The van der Waals surface area contributed by atoms with Gasteiger partial charge in [-0.15, -0.1) is 0 Å². The lowest BCUT2D eigenvalue weighted by Gasteiger charge is -2.06. The van der Waals surface area contributed by atoms with Crippen LogP contribution in [0.1, 0.15) is 36.0 Å². The van der Waals surface area contributed by atoms with Gasteiger partial charge in [0.1, 0.15) is 0 Å². The van der Waals surface area contributed by atoms with Gasteiger partial charge in [-0.2, -0.15) is 0 Å². The molecule has 0 atom stereocenters. The van der Waals surface area contributed by atoms with E-state index in [1.54, 1.807) is 13.8 Å². The third-order valence-corrected chi connectivity index (χ3v) is 1.69. The molecule has 0 saturated carbocycles. The maximum absolute atomic E-state index is 11.5. The third kappa shape index (κ3) is 3.36. The van der Waals surface area contributed by atoms with E-state index in [9.17, 15) is 4.79 Å². The fraction of sp³-hybridized carbons (Fsp3) is 0.600. The molecule has 0 unspecified atom stereocenters. The van der Waals surface area contributed by atoms with E-state index in [2.05, 4.69) is 10.5 Å². The van der Waals surface area contributed by atoms with Gasteiger partial charge >= 0.3 is 5.91 Å². The summed E-state index contributed by atoms with van der Waals surface area (Å²) < 4.78 is 5.13. The molecular weight excluding hydrogens is 196 g/mol. The summed E-state index contributed by atoms with van der Waals surface area (Å²) in [5.41, 5.74) is 2.88. The van der Waals surface area contributed by atoms with Gasteiger partial charge in [0.2, 0.25) is 5.76 Å². The van der Waals surface area contributed by atoms with Crippen LogP contribution >= 0.6 is 0 Å². The van der Waals surface area contributed by atoms with Crippen molar-refractivity contribution in [1.29, 1.82) is 0 Å². The Morgan fingerprint density at radius 2 is 2.20 bits per heavy atom. The van der Waals surface area contributed by atoms with Gasteiger partial charge in [0.15, 0.2) is 5.89 Å². The van der Waals surface area contributed by atoms with Crippen LogP contribution in [0.4, 0.5) is 0 Å². The summed E-state index contributed by atoms with van der Waals surface area (Å²) in [5, 5.41) is 0. The van der Waals surface area contributed by atoms with Crippen LogP contribution in [0.5, 0.6) is 0 Å². The Balaban J connectivity index is 2.50. The van der Waals surface area contributed by atoms with E-state index in [4.69, 9.17) is 9.25 Å². The predicted octanol–water partition coefficient (Wildman–Crippen LogP) is 1.61. The lowest BCUT2D eigenvalue weighted by Crippen LogP contribution is -2.25. The summed E-state index contributed by atoms with van der Waals surface area (Å²) in [7, 11) is 0. The number of aromatic nitrogens is 1. The maximum Gasteiger partial charge on any atom is 0.312 e. The topological polar surface area (TPSA) is 64.4 Å². The van der Waals surface area contributed by atoms with Gasteiger partial charge in [0.25, 0.3) is 0 Å². The molecule has 0 radical (unpaired) electrons. The summed E-state index contributed by atoms with van der Waals surface area (Å²) in [6.45, 7) is 7.87. The van der Waals surface area contributed by atoms with Crippen LogP contribution in [0, 0.1) is 19.8 Å². The van der Waals surface area contributed by atoms with Gasteiger partial charge in [-0.25, -0.2) is 10.5 Å². The van der Waals surface area contributed by atoms with Gasteiger partial charge in [0, 0.05) is 6.92 Å². The molecule has 1 aromatic rings. The number of amides is 1. The highest BCUT2D eigenvalue weighted by Crippen LogP contribution is 2.08. The summed E-state index contributed by atoms with van der Waals surface area (Å²) in [4.78, 5) is 20.5. The summed E-state index contributed by atoms with van der Waals surface area (Å²) in [6.07, 6.45) is 0. The van der Waals surface area contributed by atoms with E-state index in [-0.39, 0.29) is 5.76 Å². The Hall–Kier alpha value is -1.36. The molecule has 5 nitrogen and oxygen atoms in total. The van der Waals surface area contributed by atoms with Crippen LogP contribution in [0.15, 0.2) is 4.42 Å². The molecule has 1 heterocycles. The molecule has 0 spiro atoms. The predicted molar refractivity (Wildman–Crippen MR) is 54.2 cm³/mol. The second-order valence-electron chi connectivity index (χ2n) is 3.78. The second-order valence-corrected chi connectivity index (χ2v) is 3.78. The molecule has 0 aliphatic heterocycles. The number of carbonyl (C=O) groups excluding carboxylic acids is 1. The lowest BCUT2D eigenvalue weighted by molar-refractivity contribution is 0.0187. The Kier molecular flexibility index (Phi) is 3.85. The monoisotopic (exact) mass is 212 g/mol. The van der Waals surface area contributed by atoms with Crippen molar-refractivity contribution in [3.63, 3.8) is 0 Å². The van der Waals surface area contributed by atoms with Crippen molar-refractivity contribution in [3.8, 4) is 0 Å². The van der Waals surface area contributed by atoms with Crippen molar-refractivity contribution in [1.82, 2.24) is 10.5 Å². The van der Waals surface area contributed by atoms with Gasteiger partial charge in [-0.1, -0.05) is 13.8 Å². The lowest BCUT2D eigenvalue weighted by atomic mass is 10.2. The van der Waals surface area contributed by atoms with Gasteiger partial charge in [-0.05, 0) is 12.8 Å². The molecule has 1 aromatic heterocycles. The normalized spacial score (nSPS) is 10.7. The molecule has 1 rings (SSSR count). The zero-order valence-corrected chi connectivity index (χ0v) is 9.46. The molecular formula is C10H16N2O3. The number of nitrogens with one attached hydrogen (secondary N) is 1. The van der Waals surface area contributed by atoms with Gasteiger partial charge < -0.3 is 4.42 Å². The standard InChI is InChI=1S/C10H16N2O3/c1-6(2)5-14-12-10(13)9-7(3)11-8(4)15-9/h6H,5H2,1-4H3,(H,12,13). The highest BCUT2D eigenvalue weighted by molar-refractivity contribution is 5.91. The molecule has 0 bridgehead atoms. The van der Waals surface area contributed by atoms with E-state index in [1.165, 1.54) is 0 Å². The van der Waals surface area contributed by atoms with Crippen molar-refractivity contribution in [2.24, 2.45) is 5.92 Å². The average molecular weight is 212 g/mol. The quantitative estimate of drug-likeness (QED) is 0.770. The molecule has 0 aliphatic rings. The minimum atomic E-state index is -0.395. The Bertz CT molecular complexity index is 344. The minimum Gasteiger partial charge on any atom is -0.435 e. The Labute approximate surface area is 88.8 Å². The first-order valence-corrected chi connectivity index (χ1v) is 4.87. The highest BCUT2D eigenvalue weighted by atomic mass is 16.7. The molecule has 1 N–H and O–H groups in total. The van der Waals surface area contributed by atoms with Crippen LogP contribution in [0.2, 0.25) is 0 Å². The second kappa shape index (κ2) is 4.93. The van der Waals surface area contributed by atoms with E-state index in [0.29, 0.717) is 24.1 Å². The van der Waals surface area contributed by atoms with Crippen molar-refractivity contribution >= 4 is 5.91 Å². The number of oxazole rings is 1. The van der Waals surface area contributed by atoms with Gasteiger partial charge in [0.05, 0.1) is 12.3 Å². The van der Waals surface area contributed by atoms with Gasteiger partial charge in [-0.3, -0.25) is 9.63 Å². The van der Waals surface area contributed by atoms with E-state index in [1.807, 2.05) is 13.8 Å². The summed E-state index contributed by atoms with van der Waals surface area (Å²) in [6, 6.07) is 0. The fourth-order valence-corrected chi connectivity index (χ4v) is 1.06. The Morgan fingerprint density at radius 1 is 1.53 bits per heavy atom. The first-order valence-electron chi connectivity index (χ1n) is 4.87. The van der Waals surface area contributed by atoms with E-state index >= 15 is 0 Å². The van der Waals surface area contributed by atoms with E-state index < -0.39 is 5.91 Å². The van der Waals surface area contributed by atoms with Crippen molar-refractivity contribution in [2.75, 3.05) is 6.61 Å². The number of carbonyl (C=O) groups is 1. The number of nitrogens with zero attached hydrogens (tertiary/aromatic N) is 1. The van der Waals surface area contributed by atoms with Crippen LogP contribution in [-0.4, -0.2) is 17.5 Å². The zero-order valence-electron chi connectivity index (χ0n) is 9.46. The number of aryl methyl sites for hydroxylation is 2. The number of hydrogen-bond acceptors (Lipinski definition) is 4. The number of hydrogen-bond donors (Lipinski definition) is 1. The molecule has 5 heteroatoms. The molecule has 0 aromatic carbocycles. The first-order chi connectivity index (χ1) is 7.00. The van der Waals surface area contributed by atoms with Crippen LogP contribution < -0.4 is 5.48 Å². The van der Waals surface area contributed by atoms with Crippen molar-refractivity contribution in [2.45, 2.75) is 27.7 Å². The maximum atomic E-state index is 11.5. The minimum absolute atomic E-state index is 0.205. The third-order valence-electron chi connectivity index (χ3n) is 1.69. The smallest absolute Gasteiger partial charge is 0.312 e. The zero-order chi connectivity index (χ0) is 11.4. The van der Waals surface area contributed by atoms with Crippen LogP contribution in [0.3, 0.4) is 0 Å². The fourth-order valence-electron chi connectivity index (χ4n) is 1.06. The average Bonchev–Trinajstić information content (AvgIpc) is 2.44. The molecule has 0 aliphatic carbocycles. The van der Waals surface area contributed by atoms with E-state index in [0.717, 1.165) is 0 Å².